The summed E-state index contributed by atoms with van der Waals surface area (Å²) in [5.41, 5.74) is 1.54. The van der Waals surface area contributed by atoms with Crippen molar-refractivity contribution in [1.29, 1.82) is 0 Å². The molecule has 0 aromatic heterocycles. The highest BCUT2D eigenvalue weighted by Gasteiger charge is 2.28. The van der Waals surface area contributed by atoms with E-state index in [1.54, 1.807) is 23.1 Å². The number of halogens is 1. The zero-order valence-corrected chi connectivity index (χ0v) is 15.2. The van der Waals surface area contributed by atoms with Gasteiger partial charge in [0, 0.05) is 18.1 Å². The summed E-state index contributed by atoms with van der Waals surface area (Å²) < 4.78 is 11.6. The molecule has 2 atom stereocenters. The molecule has 1 amide bonds. The molecule has 4 nitrogen and oxygen atoms in total. The van der Waals surface area contributed by atoms with Crippen LogP contribution in [0, 0.1) is 0 Å². The van der Waals surface area contributed by atoms with Gasteiger partial charge in [-0.2, -0.15) is 0 Å². The minimum Gasteiger partial charge on any atom is -0.488 e. The van der Waals surface area contributed by atoms with Crippen LogP contribution >= 0.6 is 11.6 Å². The molecule has 2 aromatic rings. The predicted octanol–water partition coefficient (Wildman–Crippen LogP) is 4.17. The summed E-state index contributed by atoms with van der Waals surface area (Å²) >= 11 is 6.12. The third-order valence-corrected chi connectivity index (χ3v) is 4.35. The fourth-order valence-electron chi connectivity index (χ4n) is 3.04. The zero-order chi connectivity index (χ0) is 17.8. The van der Waals surface area contributed by atoms with Crippen LogP contribution in [0.3, 0.4) is 0 Å². The molecule has 0 bridgehead atoms. The second-order valence-corrected chi connectivity index (χ2v) is 6.82. The second kappa shape index (κ2) is 7.89. The normalized spacial score (nSPS) is 20.4. The van der Waals surface area contributed by atoms with E-state index < -0.39 is 0 Å². The van der Waals surface area contributed by atoms with Gasteiger partial charge >= 0.3 is 0 Å². The van der Waals surface area contributed by atoms with E-state index in [0.29, 0.717) is 36.0 Å². The van der Waals surface area contributed by atoms with Gasteiger partial charge < -0.3 is 14.4 Å². The van der Waals surface area contributed by atoms with Crippen LogP contribution in [0.4, 0.5) is 0 Å². The van der Waals surface area contributed by atoms with Gasteiger partial charge in [0.15, 0.2) is 0 Å². The smallest absolute Gasteiger partial charge is 0.257 e. The first-order valence-corrected chi connectivity index (χ1v) is 8.81. The first-order chi connectivity index (χ1) is 12.0. The molecule has 25 heavy (non-hydrogen) atoms. The Bertz CT molecular complexity index is 725. The van der Waals surface area contributed by atoms with Gasteiger partial charge in [-0.1, -0.05) is 41.9 Å². The minimum absolute atomic E-state index is 0.0144. The van der Waals surface area contributed by atoms with Gasteiger partial charge in [-0.3, -0.25) is 4.79 Å². The van der Waals surface area contributed by atoms with Gasteiger partial charge in [0.05, 0.1) is 17.8 Å². The van der Waals surface area contributed by atoms with Crippen LogP contribution in [0.25, 0.3) is 0 Å². The van der Waals surface area contributed by atoms with Crippen molar-refractivity contribution in [2.24, 2.45) is 0 Å². The Morgan fingerprint density at radius 3 is 2.52 bits per heavy atom. The van der Waals surface area contributed by atoms with Crippen molar-refractivity contribution in [3.63, 3.8) is 0 Å². The van der Waals surface area contributed by atoms with Crippen molar-refractivity contribution in [3.05, 3.63) is 64.7 Å². The number of morpholine rings is 1. The van der Waals surface area contributed by atoms with Crippen molar-refractivity contribution in [2.75, 3.05) is 13.1 Å². The van der Waals surface area contributed by atoms with Gasteiger partial charge in [-0.15, -0.1) is 0 Å². The maximum atomic E-state index is 13.0. The van der Waals surface area contributed by atoms with E-state index in [1.807, 2.05) is 44.2 Å². The van der Waals surface area contributed by atoms with Gasteiger partial charge in [0.2, 0.25) is 0 Å². The summed E-state index contributed by atoms with van der Waals surface area (Å²) in [6.45, 7) is 5.47. The molecule has 0 radical (unpaired) electrons. The zero-order valence-electron chi connectivity index (χ0n) is 14.4. The molecule has 0 spiro atoms. The molecule has 0 aliphatic carbocycles. The Morgan fingerprint density at radius 1 is 1.16 bits per heavy atom. The molecule has 0 unspecified atom stereocenters. The molecular formula is C20H22ClNO3. The first-order valence-electron chi connectivity index (χ1n) is 8.44. The highest BCUT2D eigenvalue weighted by atomic mass is 35.5. The topological polar surface area (TPSA) is 38.8 Å². The van der Waals surface area contributed by atoms with E-state index in [-0.39, 0.29) is 18.1 Å². The molecule has 1 heterocycles. The van der Waals surface area contributed by atoms with E-state index in [1.165, 1.54) is 0 Å². The predicted molar refractivity (Wildman–Crippen MR) is 98.1 cm³/mol. The number of carbonyl (C=O) groups excluding carboxylic acids is 1. The molecule has 1 saturated heterocycles. The molecule has 132 valence electrons. The van der Waals surface area contributed by atoms with Crippen LogP contribution in [-0.2, 0) is 11.3 Å². The molecule has 5 heteroatoms. The first kappa shape index (κ1) is 17.8. The molecule has 1 aliphatic rings. The lowest BCUT2D eigenvalue weighted by Gasteiger charge is -2.35. The number of carbonyl (C=O) groups is 1. The van der Waals surface area contributed by atoms with Crippen molar-refractivity contribution >= 4 is 17.5 Å². The third-order valence-electron chi connectivity index (χ3n) is 4.12. The van der Waals surface area contributed by atoms with Crippen LogP contribution in [0.1, 0.15) is 29.8 Å². The SMILES string of the molecule is C[C@H]1CN(C(=O)c2cc(Cl)ccc2OCc2ccccc2)C[C@H](C)O1. The number of benzene rings is 2. The number of ether oxygens (including phenoxy) is 2. The van der Waals surface area contributed by atoms with E-state index in [2.05, 4.69) is 0 Å². The Labute approximate surface area is 153 Å². The molecule has 0 saturated carbocycles. The van der Waals surface area contributed by atoms with Crippen molar-refractivity contribution < 1.29 is 14.3 Å². The summed E-state index contributed by atoms with van der Waals surface area (Å²) in [6, 6.07) is 15.0. The fourth-order valence-corrected chi connectivity index (χ4v) is 3.22. The largest absolute Gasteiger partial charge is 0.488 e. The second-order valence-electron chi connectivity index (χ2n) is 6.38. The van der Waals surface area contributed by atoms with Gasteiger partial charge in [-0.25, -0.2) is 0 Å². The van der Waals surface area contributed by atoms with Crippen LogP contribution in [0.5, 0.6) is 5.75 Å². The average Bonchev–Trinajstić information content (AvgIpc) is 2.60. The maximum absolute atomic E-state index is 13.0. The van der Waals surface area contributed by atoms with Gasteiger partial charge in [0.1, 0.15) is 12.4 Å². The number of amides is 1. The lowest BCUT2D eigenvalue weighted by atomic mass is 10.1. The number of hydrogen-bond donors (Lipinski definition) is 0. The van der Waals surface area contributed by atoms with Crippen LogP contribution in [0.2, 0.25) is 5.02 Å². The van der Waals surface area contributed by atoms with Gasteiger partial charge in [0.25, 0.3) is 5.91 Å². The number of nitrogens with zero attached hydrogens (tertiary/aromatic N) is 1. The monoisotopic (exact) mass is 359 g/mol. The van der Waals surface area contributed by atoms with Crippen LogP contribution in [-0.4, -0.2) is 36.1 Å². The van der Waals surface area contributed by atoms with E-state index in [9.17, 15) is 4.79 Å². The summed E-state index contributed by atoms with van der Waals surface area (Å²) in [4.78, 5) is 14.8. The quantitative estimate of drug-likeness (QED) is 0.822. The summed E-state index contributed by atoms with van der Waals surface area (Å²) in [5, 5.41) is 0.518. The van der Waals surface area contributed by atoms with E-state index in [0.717, 1.165) is 5.56 Å². The molecular weight excluding hydrogens is 338 g/mol. The molecule has 1 aliphatic heterocycles. The Balaban J connectivity index is 1.80. The van der Waals surface area contributed by atoms with Crippen molar-refractivity contribution in [1.82, 2.24) is 4.90 Å². The average molecular weight is 360 g/mol. The Hall–Kier alpha value is -2.04. The lowest BCUT2D eigenvalue weighted by Crippen LogP contribution is -2.48. The number of rotatable bonds is 4. The maximum Gasteiger partial charge on any atom is 0.257 e. The summed E-state index contributed by atoms with van der Waals surface area (Å²) in [5.74, 6) is 0.470. The van der Waals surface area contributed by atoms with Crippen molar-refractivity contribution in [3.8, 4) is 5.75 Å². The Kier molecular flexibility index (Phi) is 5.61. The van der Waals surface area contributed by atoms with Gasteiger partial charge in [-0.05, 0) is 37.6 Å². The summed E-state index contributed by atoms with van der Waals surface area (Å²) in [6.07, 6.45) is 0.0288. The lowest BCUT2D eigenvalue weighted by molar-refractivity contribution is -0.0586. The Morgan fingerprint density at radius 2 is 1.84 bits per heavy atom. The van der Waals surface area contributed by atoms with Crippen LogP contribution in [0.15, 0.2) is 48.5 Å². The number of hydrogen-bond acceptors (Lipinski definition) is 3. The van der Waals surface area contributed by atoms with E-state index >= 15 is 0 Å². The fraction of sp³-hybridized carbons (Fsp3) is 0.350. The van der Waals surface area contributed by atoms with E-state index in [4.69, 9.17) is 21.1 Å². The third kappa shape index (κ3) is 4.53. The summed E-state index contributed by atoms with van der Waals surface area (Å²) in [7, 11) is 0. The molecule has 3 rings (SSSR count). The standard InChI is InChI=1S/C20H22ClNO3/c1-14-11-22(12-15(2)25-14)20(23)18-10-17(21)8-9-19(18)24-13-16-6-4-3-5-7-16/h3-10,14-15H,11-13H2,1-2H3/t14-,15-/m0/s1. The molecule has 0 N–H and O–H groups in total. The highest BCUT2D eigenvalue weighted by molar-refractivity contribution is 6.31. The molecule has 2 aromatic carbocycles. The van der Waals surface area contributed by atoms with Crippen molar-refractivity contribution in [2.45, 2.75) is 32.7 Å². The van der Waals surface area contributed by atoms with Crippen LogP contribution < -0.4 is 4.74 Å². The molecule has 1 fully saturated rings. The minimum atomic E-state index is -0.0763. The highest BCUT2D eigenvalue weighted by Crippen LogP contribution is 2.26.